The molecule has 1 aliphatic rings. The van der Waals surface area contributed by atoms with Crippen molar-refractivity contribution in [3.63, 3.8) is 0 Å². The monoisotopic (exact) mass is 272 g/mol. The van der Waals surface area contributed by atoms with Gasteiger partial charge in [-0.2, -0.15) is 0 Å². The third-order valence-corrected chi connectivity index (χ3v) is 3.84. The molecule has 1 aromatic heterocycles. The summed E-state index contributed by atoms with van der Waals surface area (Å²) in [4.78, 5) is 0. The van der Waals surface area contributed by atoms with Gasteiger partial charge in [-0.3, -0.25) is 0 Å². The maximum Gasteiger partial charge on any atom is 0.150 e. The van der Waals surface area contributed by atoms with E-state index in [2.05, 4.69) is 33.1 Å². The third kappa shape index (κ3) is 2.29. The van der Waals surface area contributed by atoms with E-state index in [1.165, 1.54) is 0 Å². The normalized spacial score (nSPS) is 17.8. The van der Waals surface area contributed by atoms with Crippen molar-refractivity contribution in [1.29, 1.82) is 0 Å². The van der Waals surface area contributed by atoms with E-state index in [0.717, 1.165) is 48.9 Å². The van der Waals surface area contributed by atoms with Gasteiger partial charge in [-0.05, 0) is 12.5 Å². The zero-order chi connectivity index (χ0) is 13.9. The van der Waals surface area contributed by atoms with E-state index in [0.29, 0.717) is 6.04 Å². The molecule has 5 heteroatoms. The molecule has 20 heavy (non-hydrogen) atoms. The number of hydrogen-bond donors (Lipinski definition) is 1. The van der Waals surface area contributed by atoms with Crippen molar-refractivity contribution in [2.24, 2.45) is 0 Å². The molecule has 0 bridgehead atoms. The molecule has 1 aromatic carbocycles. The van der Waals surface area contributed by atoms with Crippen LogP contribution in [-0.4, -0.2) is 28.4 Å². The standard InChI is InChI=1S/C15H20N4O/c1-3-12-15-18-17-14(19(15)9-8-16-12)10-11-6-4-5-7-13(11)20-2/h4-7,12,16H,3,8-10H2,1-2H3. The maximum atomic E-state index is 5.41. The number of rotatable bonds is 4. The molecular formula is C15H20N4O. The summed E-state index contributed by atoms with van der Waals surface area (Å²) in [6.07, 6.45) is 1.79. The number of nitrogens with one attached hydrogen (secondary N) is 1. The van der Waals surface area contributed by atoms with E-state index in [1.807, 2.05) is 18.2 Å². The summed E-state index contributed by atoms with van der Waals surface area (Å²) in [5.74, 6) is 2.99. The molecule has 1 unspecified atom stereocenters. The van der Waals surface area contributed by atoms with Crippen molar-refractivity contribution in [3.05, 3.63) is 41.5 Å². The van der Waals surface area contributed by atoms with Crippen molar-refractivity contribution in [3.8, 4) is 5.75 Å². The van der Waals surface area contributed by atoms with Crippen LogP contribution in [0.3, 0.4) is 0 Å². The maximum absolute atomic E-state index is 5.41. The molecule has 0 saturated carbocycles. The lowest BCUT2D eigenvalue weighted by Gasteiger charge is -2.24. The molecule has 5 nitrogen and oxygen atoms in total. The highest BCUT2D eigenvalue weighted by Gasteiger charge is 2.23. The molecule has 0 amide bonds. The first kappa shape index (κ1) is 13.1. The number of hydrogen-bond acceptors (Lipinski definition) is 4. The van der Waals surface area contributed by atoms with Crippen molar-refractivity contribution in [1.82, 2.24) is 20.1 Å². The van der Waals surface area contributed by atoms with Gasteiger partial charge in [-0.1, -0.05) is 25.1 Å². The first-order valence-corrected chi connectivity index (χ1v) is 7.10. The summed E-state index contributed by atoms with van der Waals surface area (Å²) in [7, 11) is 1.70. The molecule has 0 aliphatic carbocycles. The summed E-state index contributed by atoms with van der Waals surface area (Å²) in [6.45, 7) is 4.08. The predicted octanol–water partition coefficient (Wildman–Crippen LogP) is 1.93. The summed E-state index contributed by atoms with van der Waals surface area (Å²) < 4.78 is 7.66. The van der Waals surface area contributed by atoms with Gasteiger partial charge < -0.3 is 14.6 Å². The van der Waals surface area contributed by atoms with E-state index < -0.39 is 0 Å². The van der Waals surface area contributed by atoms with Gasteiger partial charge in [0, 0.05) is 25.1 Å². The fraction of sp³-hybridized carbons (Fsp3) is 0.467. The minimum atomic E-state index is 0.322. The largest absolute Gasteiger partial charge is 0.496 e. The first-order valence-electron chi connectivity index (χ1n) is 7.10. The van der Waals surface area contributed by atoms with Crippen LogP contribution in [0.25, 0.3) is 0 Å². The second-order valence-corrected chi connectivity index (χ2v) is 5.03. The van der Waals surface area contributed by atoms with Gasteiger partial charge in [0.1, 0.15) is 17.4 Å². The van der Waals surface area contributed by atoms with E-state index in [1.54, 1.807) is 7.11 Å². The zero-order valence-electron chi connectivity index (χ0n) is 12.0. The Morgan fingerprint density at radius 2 is 2.20 bits per heavy atom. The number of ether oxygens (including phenoxy) is 1. The molecule has 2 heterocycles. The predicted molar refractivity (Wildman–Crippen MR) is 76.9 cm³/mol. The van der Waals surface area contributed by atoms with Crippen LogP contribution in [0.1, 0.15) is 36.6 Å². The SMILES string of the molecule is CCC1NCCn2c(Cc3ccccc3OC)nnc21. The van der Waals surface area contributed by atoms with E-state index in [-0.39, 0.29) is 0 Å². The Morgan fingerprint density at radius 3 is 3.00 bits per heavy atom. The van der Waals surface area contributed by atoms with Crippen LogP contribution in [-0.2, 0) is 13.0 Å². The summed E-state index contributed by atoms with van der Waals surface area (Å²) in [5, 5.41) is 12.2. The molecule has 1 N–H and O–H groups in total. The molecule has 0 fully saturated rings. The van der Waals surface area contributed by atoms with E-state index >= 15 is 0 Å². The van der Waals surface area contributed by atoms with Crippen molar-refractivity contribution in [2.75, 3.05) is 13.7 Å². The van der Waals surface area contributed by atoms with Crippen LogP contribution in [0.5, 0.6) is 5.75 Å². The fourth-order valence-electron chi connectivity index (χ4n) is 2.77. The van der Waals surface area contributed by atoms with Crippen LogP contribution in [0, 0.1) is 0 Å². The number of benzene rings is 1. The Balaban J connectivity index is 1.90. The highest BCUT2D eigenvalue weighted by molar-refractivity contribution is 5.35. The zero-order valence-corrected chi connectivity index (χ0v) is 12.0. The molecule has 0 saturated heterocycles. The average Bonchev–Trinajstić information content (AvgIpc) is 2.91. The highest BCUT2D eigenvalue weighted by atomic mass is 16.5. The molecule has 2 aromatic rings. The van der Waals surface area contributed by atoms with Gasteiger partial charge >= 0.3 is 0 Å². The van der Waals surface area contributed by atoms with Gasteiger partial charge in [0.05, 0.1) is 13.2 Å². The van der Waals surface area contributed by atoms with Crippen molar-refractivity contribution >= 4 is 0 Å². The first-order chi connectivity index (χ1) is 9.83. The van der Waals surface area contributed by atoms with E-state index in [9.17, 15) is 0 Å². The number of fused-ring (bicyclic) bond motifs is 1. The second kappa shape index (κ2) is 5.63. The topological polar surface area (TPSA) is 52.0 Å². The Bertz CT molecular complexity index is 593. The minimum absolute atomic E-state index is 0.322. The fourth-order valence-corrected chi connectivity index (χ4v) is 2.77. The summed E-state index contributed by atoms with van der Waals surface area (Å²) in [6, 6.07) is 8.40. The lowest BCUT2D eigenvalue weighted by atomic mass is 10.1. The molecular weight excluding hydrogens is 252 g/mol. The Morgan fingerprint density at radius 1 is 1.35 bits per heavy atom. The second-order valence-electron chi connectivity index (χ2n) is 5.03. The Hall–Kier alpha value is -1.88. The third-order valence-electron chi connectivity index (χ3n) is 3.84. The lowest BCUT2D eigenvalue weighted by molar-refractivity contribution is 0.398. The molecule has 0 radical (unpaired) electrons. The smallest absolute Gasteiger partial charge is 0.150 e. The Labute approximate surface area is 119 Å². The number of nitrogens with zero attached hydrogens (tertiary/aromatic N) is 3. The average molecular weight is 272 g/mol. The number of aromatic nitrogens is 3. The quantitative estimate of drug-likeness (QED) is 0.924. The van der Waals surface area contributed by atoms with Crippen LogP contribution < -0.4 is 10.1 Å². The Kier molecular flexibility index (Phi) is 3.69. The number of methoxy groups -OCH3 is 1. The van der Waals surface area contributed by atoms with Crippen LogP contribution in [0.2, 0.25) is 0 Å². The number of para-hydroxylation sites is 1. The highest BCUT2D eigenvalue weighted by Crippen LogP contribution is 2.23. The van der Waals surface area contributed by atoms with Crippen LogP contribution >= 0.6 is 0 Å². The van der Waals surface area contributed by atoms with Gasteiger partial charge in [-0.25, -0.2) is 0 Å². The van der Waals surface area contributed by atoms with Crippen molar-refractivity contribution < 1.29 is 4.74 Å². The van der Waals surface area contributed by atoms with Crippen LogP contribution in [0.15, 0.2) is 24.3 Å². The molecule has 0 spiro atoms. The summed E-state index contributed by atoms with van der Waals surface area (Å²) in [5.41, 5.74) is 1.15. The van der Waals surface area contributed by atoms with Gasteiger partial charge in [-0.15, -0.1) is 10.2 Å². The summed E-state index contributed by atoms with van der Waals surface area (Å²) >= 11 is 0. The van der Waals surface area contributed by atoms with Gasteiger partial charge in [0.15, 0.2) is 0 Å². The lowest BCUT2D eigenvalue weighted by Crippen LogP contribution is -2.34. The van der Waals surface area contributed by atoms with Crippen molar-refractivity contribution in [2.45, 2.75) is 32.4 Å². The molecule has 1 atom stereocenters. The van der Waals surface area contributed by atoms with Gasteiger partial charge in [0.25, 0.3) is 0 Å². The van der Waals surface area contributed by atoms with Gasteiger partial charge in [0.2, 0.25) is 0 Å². The van der Waals surface area contributed by atoms with Crippen LogP contribution in [0.4, 0.5) is 0 Å². The molecule has 3 rings (SSSR count). The van der Waals surface area contributed by atoms with E-state index in [4.69, 9.17) is 4.74 Å². The molecule has 1 aliphatic heterocycles. The molecule has 106 valence electrons. The minimum Gasteiger partial charge on any atom is -0.496 e.